The molecule has 0 aromatic carbocycles. The van der Waals surface area contributed by atoms with Crippen LogP contribution in [-0.2, 0) is 28.6 Å². The van der Waals surface area contributed by atoms with Crippen molar-refractivity contribution in [2.24, 2.45) is 0 Å². The molecule has 0 heterocycles. The smallest absolute Gasteiger partial charge is 0.362 e. The minimum atomic E-state index is -0.878. The van der Waals surface area contributed by atoms with Crippen LogP contribution in [0.25, 0.3) is 0 Å². The Morgan fingerprint density at radius 1 is 0.554 bits per heavy atom. The molecular formula is C48H88NO7+. The Kier molecular flexibility index (Phi) is 37.7. The average molecular weight is 791 g/mol. The SMILES string of the molecule is CC/C=C/C/C=C/CCCCCCCC(=O)OC(COCCC(C(=O)O)[N+](C)(C)C)COC(=O)CCCCCCCCC/C=C/CCCCCCCCCCC. The monoisotopic (exact) mass is 791 g/mol. The van der Waals surface area contributed by atoms with E-state index in [1.54, 1.807) is 0 Å². The summed E-state index contributed by atoms with van der Waals surface area (Å²) in [5.41, 5.74) is 0. The van der Waals surface area contributed by atoms with Crippen molar-refractivity contribution in [3.05, 3.63) is 36.5 Å². The van der Waals surface area contributed by atoms with E-state index in [1.165, 1.54) is 96.3 Å². The minimum Gasteiger partial charge on any atom is -0.477 e. The summed E-state index contributed by atoms with van der Waals surface area (Å²) in [5, 5.41) is 9.62. The van der Waals surface area contributed by atoms with Crippen molar-refractivity contribution in [2.45, 2.75) is 212 Å². The highest BCUT2D eigenvalue weighted by Crippen LogP contribution is 2.14. The number of carbonyl (C=O) groups excluding carboxylic acids is 2. The number of aliphatic carboxylic acids is 1. The molecule has 0 fully saturated rings. The van der Waals surface area contributed by atoms with Gasteiger partial charge in [0.2, 0.25) is 0 Å². The molecule has 2 atom stereocenters. The molecule has 0 saturated heterocycles. The van der Waals surface area contributed by atoms with Crippen LogP contribution in [0.4, 0.5) is 0 Å². The summed E-state index contributed by atoms with van der Waals surface area (Å²) in [5.74, 6) is -1.49. The van der Waals surface area contributed by atoms with Gasteiger partial charge in [0.05, 0.1) is 34.4 Å². The molecule has 0 bridgehead atoms. The molecule has 0 spiro atoms. The first kappa shape index (κ1) is 53.6. The Hall–Kier alpha value is -2.45. The number of hydrogen-bond acceptors (Lipinski definition) is 6. The normalized spacial score (nSPS) is 13.2. The Balaban J connectivity index is 4.26. The lowest BCUT2D eigenvalue weighted by Gasteiger charge is -2.31. The summed E-state index contributed by atoms with van der Waals surface area (Å²) in [6.07, 6.45) is 44.8. The van der Waals surface area contributed by atoms with Crippen LogP contribution in [0.15, 0.2) is 36.5 Å². The van der Waals surface area contributed by atoms with E-state index in [-0.39, 0.29) is 36.2 Å². The molecule has 2 unspecified atom stereocenters. The van der Waals surface area contributed by atoms with Crippen LogP contribution in [0.3, 0.4) is 0 Å². The van der Waals surface area contributed by atoms with Crippen molar-refractivity contribution in [2.75, 3.05) is 41.0 Å². The number of nitrogens with zero attached hydrogens (tertiary/aromatic N) is 1. The largest absolute Gasteiger partial charge is 0.477 e. The Bertz CT molecular complexity index is 1020. The van der Waals surface area contributed by atoms with Crippen LogP contribution in [0.1, 0.15) is 200 Å². The summed E-state index contributed by atoms with van der Waals surface area (Å²) in [6, 6.07) is -0.617. The molecule has 0 aromatic heterocycles. The van der Waals surface area contributed by atoms with Crippen molar-refractivity contribution in [1.82, 2.24) is 0 Å². The van der Waals surface area contributed by atoms with Gasteiger partial charge in [-0.25, -0.2) is 4.79 Å². The number of quaternary nitrogens is 1. The van der Waals surface area contributed by atoms with E-state index in [9.17, 15) is 19.5 Å². The molecule has 0 aliphatic carbocycles. The Labute approximate surface area is 344 Å². The zero-order valence-corrected chi connectivity index (χ0v) is 37.1. The zero-order valence-electron chi connectivity index (χ0n) is 37.1. The van der Waals surface area contributed by atoms with Gasteiger partial charge in [0.1, 0.15) is 6.61 Å². The number of ether oxygens (including phenoxy) is 3. The highest BCUT2D eigenvalue weighted by molar-refractivity contribution is 5.72. The quantitative estimate of drug-likeness (QED) is 0.0285. The van der Waals surface area contributed by atoms with Crippen molar-refractivity contribution < 1.29 is 38.2 Å². The van der Waals surface area contributed by atoms with E-state index in [4.69, 9.17) is 14.2 Å². The summed E-state index contributed by atoms with van der Waals surface area (Å²) >= 11 is 0. The summed E-state index contributed by atoms with van der Waals surface area (Å²) in [6.45, 7) is 4.62. The van der Waals surface area contributed by atoms with Crippen molar-refractivity contribution in [3.8, 4) is 0 Å². The number of likely N-dealkylation sites (N-methyl/N-ethyl adjacent to an activating group) is 1. The van der Waals surface area contributed by atoms with Crippen LogP contribution in [0.5, 0.6) is 0 Å². The predicted molar refractivity (Wildman–Crippen MR) is 234 cm³/mol. The van der Waals surface area contributed by atoms with Gasteiger partial charge in [-0.1, -0.05) is 153 Å². The number of unbranched alkanes of at least 4 members (excludes halogenated alkanes) is 21. The fraction of sp³-hybridized carbons (Fsp3) is 0.812. The molecule has 326 valence electrons. The second kappa shape index (κ2) is 39.4. The average Bonchev–Trinajstić information content (AvgIpc) is 3.15. The standard InChI is InChI=1S/C48H87NO7/c1-6-8-10-12-14-16-18-20-21-22-23-24-25-26-27-29-30-32-34-36-38-46(50)55-43-44(42-54-41-40-45(48(52)53)49(3,4)5)56-47(51)39-37-35-33-31-28-19-17-15-13-11-9-7-2/h9,11,15,17,23-24,44-45H,6-8,10,12-14,16,18-22,25-43H2,1-5H3/p+1/b11-9+,17-15+,24-23+. The first-order chi connectivity index (χ1) is 27.1. The molecule has 0 aromatic rings. The number of allylic oxidation sites excluding steroid dienone is 6. The number of carbonyl (C=O) groups is 3. The lowest BCUT2D eigenvalue weighted by molar-refractivity contribution is -0.887. The van der Waals surface area contributed by atoms with Gasteiger partial charge in [0, 0.05) is 19.3 Å². The highest BCUT2D eigenvalue weighted by atomic mass is 16.6. The van der Waals surface area contributed by atoms with Crippen molar-refractivity contribution in [3.63, 3.8) is 0 Å². The maximum atomic E-state index is 12.7. The van der Waals surface area contributed by atoms with E-state index in [0.717, 1.165) is 70.6 Å². The van der Waals surface area contributed by atoms with Crippen molar-refractivity contribution in [1.29, 1.82) is 0 Å². The number of esters is 2. The third-order valence-corrected chi connectivity index (χ3v) is 10.3. The van der Waals surface area contributed by atoms with Gasteiger partial charge >= 0.3 is 17.9 Å². The third-order valence-electron chi connectivity index (χ3n) is 10.3. The summed E-state index contributed by atoms with van der Waals surface area (Å²) < 4.78 is 17.3. The van der Waals surface area contributed by atoms with Gasteiger partial charge in [0.25, 0.3) is 0 Å². The molecule has 56 heavy (non-hydrogen) atoms. The van der Waals surface area contributed by atoms with Gasteiger partial charge in [-0.15, -0.1) is 0 Å². The Morgan fingerprint density at radius 2 is 1.00 bits per heavy atom. The molecular weight excluding hydrogens is 703 g/mol. The van der Waals surface area contributed by atoms with E-state index in [2.05, 4.69) is 50.3 Å². The zero-order chi connectivity index (χ0) is 41.4. The van der Waals surface area contributed by atoms with Gasteiger partial charge in [-0.05, 0) is 64.2 Å². The first-order valence-corrected chi connectivity index (χ1v) is 23.0. The lowest BCUT2D eigenvalue weighted by atomic mass is 10.1. The van der Waals surface area contributed by atoms with Crippen molar-refractivity contribution >= 4 is 17.9 Å². The van der Waals surface area contributed by atoms with E-state index in [0.29, 0.717) is 19.3 Å². The fourth-order valence-corrected chi connectivity index (χ4v) is 6.71. The van der Waals surface area contributed by atoms with Crippen LogP contribution < -0.4 is 0 Å². The molecule has 1 N–H and O–H groups in total. The first-order valence-electron chi connectivity index (χ1n) is 23.0. The highest BCUT2D eigenvalue weighted by Gasteiger charge is 2.31. The number of carboxylic acid groups (broad SMARTS) is 1. The molecule has 0 saturated carbocycles. The predicted octanol–water partition coefficient (Wildman–Crippen LogP) is 12.6. The summed E-state index contributed by atoms with van der Waals surface area (Å²) in [7, 11) is 5.52. The van der Waals surface area contributed by atoms with Crippen LogP contribution in [0, 0.1) is 0 Å². The van der Waals surface area contributed by atoms with Gasteiger partial charge in [-0.2, -0.15) is 0 Å². The molecule has 0 amide bonds. The lowest BCUT2D eigenvalue weighted by Crippen LogP contribution is -2.50. The van der Waals surface area contributed by atoms with E-state index in [1.807, 2.05) is 21.1 Å². The molecule has 8 nitrogen and oxygen atoms in total. The maximum absolute atomic E-state index is 12.7. The van der Waals surface area contributed by atoms with Gasteiger partial charge in [0.15, 0.2) is 12.1 Å². The molecule has 0 rings (SSSR count). The second-order valence-electron chi connectivity index (χ2n) is 16.6. The number of rotatable bonds is 41. The van der Waals surface area contributed by atoms with Crippen LogP contribution in [-0.4, -0.2) is 80.6 Å². The second-order valence-corrected chi connectivity index (χ2v) is 16.6. The van der Waals surface area contributed by atoms with Gasteiger partial charge < -0.3 is 23.8 Å². The topological polar surface area (TPSA) is 99.1 Å². The third kappa shape index (κ3) is 37.1. The van der Waals surface area contributed by atoms with Gasteiger partial charge in [-0.3, -0.25) is 9.59 Å². The summed E-state index contributed by atoms with van der Waals surface area (Å²) in [4.78, 5) is 37.0. The minimum absolute atomic E-state index is 0.0549. The molecule has 8 heteroatoms. The maximum Gasteiger partial charge on any atom is 0.362 e. The Morgan fingerprint density at radius 3 is 1.48 bits per heavy atom. The van der Waals surface area contributed by atoms with Crippen LogP contribution >= 0.6 is 0 Å². The van der Waals surface area contributed by atoms with E-state index >= 15 is 0 Å². The van der Waals surface area contributed by atoms with E-state index < -0.39 is 18.1 Å². The molecule has 0 aliphatic rings. The fourth-order valence-electron chi connectivity index (χ4n) is 6.71. The molecule has 0 radical (unpaired) electrons. The number of hydrogen-bond donors (Lipinski definition) is 1. The molecule has 0 aliphatic heterocycles. The number of carboxylic acids is 1. The van der Waals surface area contributed by atoms with Crippen LogP contribution in [0.2, 0.25) is 0 Å².